The van der Waals surface area contributed by atoms with Crippen LogP contribution < -0.4 is 4.74 Å². The van der Waals surface area contributed by atoms with E-state index in [1.165, 1.54) is 0 Å². The van der Waals surface area contributed by atoms with E-state index in [0.29, 0.717) is 13.0 Å². The van der Waals surface area contributed by atoms with Crippen molar-refractivity contribution in [3.63, 3.8) is 0 Å². The molecular formula is C30H31N5O3. The predicted molar refractivity (Wildman–Crippen MR) is 147 cm³/mol. The van der Waals surface area contributed by atoms with E-state index >= 15 is 0 Å². The fraction of sp³-hybridized carbons (Fsp3) is 0.233. The van der Waals surface area contributed by atoms with E-state index in [2.05, 4.69) is 0 Å². The maximum atomic E-state index is 13.6. The first kappa shape index (κ1) is 25.4. The van der Waals surface area contributed by atoms with Gasteiger partial charge in [0.25, 0.3) is 5.91 Å². The zero-order valence-corrected chi connectivity index (χ0v) is 21.6. The minimum atomic E-state index is -0.348. The molecule has 0 fully saturated rings. The zero-order valence-electron chi connectivity index (χ0n) is 21.6. The number of aliphatic hydroxyl groups excluding tert-OH is 1. The third kappa shape index (κ3) is 5.37. The number of aliphatic hydroxyl groups is 1. The number of hydrogen-bond acceptors (Lipinski definition) is 6. The van der Waals surface area contributed by atoms with Crippen molar-refractivity contribution >= 4 is 11.6 Å². The Bertz CT molecular complexity index is 1420. The number of benzene rings is 3. The van der Waals surface area contributed by atoms with Gasteiger partial charge in [-0.05, 0) is 31.3 Å². The Hall–Kier alpha value is -4.27. The van der Waals surface area contributed by atoms with Crippen LogP contribution in [0.15, 0.2) is 96.2 Å². The summed E-state index contributed by atoms with van der Waals surface area (Å²) in [4.78, 5) is 15.4. The summed E-state index contributed by atoms with van der Waals surface area (Å²) < 4.78 is 7.29. The zero-order chi connectivity index (χ0) is 26.5. The van der Waals surface area contributed by atoms with Crippen molar-refractivity contribution in [2.24, 2.45) is 5.10 Å². The molecule has 0 saturated carbocycles. The molecule has 1 N–H and O–H groups in total. The number of rotatable bonds is 9. The van der Waals surface area contributed by atoms with Crippen LogP contribution in [0, 0.1) is 0 Å². The molecule has 38 heavy (non-hydrogen) atoms. The van der Waals surface area contributed by atoms with Gasteiger partial charge in [0, 0.05) is 35.9 Å². The molecular weight excluding hydrogens is 478 g/mol. The molecule has 5 rings (SSSR count). The summed E-state index contributed by atoms with van der Waals surface area (Å²) in [7, 11) is 3.45. The van der Waals surface area contributed by atoms with Gasteiger partial charge in [-0.25, -0.2) is 9.69 Å². The maximum Gasteiger partial charge on any atom is 0.257 e. The van der Waals surface area contributed by atoms with Crippen LogP contribution in [0.25, 0.3) is 16.9 Å². The molecule has 1 aliphatic rings. The fourth-order valence-electron chi connectivity index (χ4n) is 4.68. The topological polar surface area (TPSA) is 83.2 Å². The van der Waals surface area contributed by atoms with Crippen LogP contribution in [-0.4, -0.2) is 70.3 Å². The molecule has 2 heterocycles. The summed E-state index contributed by atoms with van der Waals surface area (Å²) in [6.07, 6.45) is 2.53. The highest BCUT2D eigenvalue weighted by molar-refractivity contribution is 6.03. The Morgan fingerprint density at radius 1 is 1.03 bits per heavy atom. The van der Waals surface area contributed by atoms with Crippen LogP contribution in [0.1, 0.15) is 23.6 Å². The van der Waals surface area contributed by atoms with Gasteiger partial charge in [-0.3, -0.25) is 9.69 Å². The molecule has 1 atom stereocenters. The van der Waals surface area contributed by atoms with E-state index in [9.17, 15) is 9.90 Å². The number of nitrogens with zero attached hydrogens (tertiary/aromatic N) is 5. The summed E-state index contributed by atoms with van der Waals surface area (Å²) in [5.74, 6) is 0.589. The average Bonchev–Trinajstić information content (AvgIpc) is 3.60. The van der Waals surface area contributed by atoms with E-state index in [-0.39, 0.29) is 25.1 Å². The van der Waals surface area contributed by atoms with Crippen molar-refractivity contribution in [3.05, 3.63) is 102 Å². The molecule has 0 spiro atoms. The van der Waals surface area contributed by atoms with Crippen molar-refractivity contribution in [1.82, 2.24) is 19.7 Å². The van der Waals surface area contributed by atoms with Crippen molar-refractivity contribution in [1.29, 1.82) is 0 Å². The van der Waals surface area contributed by atoms with Gasteiger partial charge in [0.1, 0.15) is 5.75 Å². The minimum Gasteiger partial charge on any atom is -0.497 e. The number of para-hydroxylation sites is 1. The first-order valence-electron chi connectivity index (χ1n) is 12.6. The normalized spacial score (nSPS) is 15.1. The van der Waals surface area contributed by atoms with Crippen LogP contribution in [0.3, 0.4) is 0 Å². The molecule has 1 aliphatic heterocycles. The Morgan fingerprint density at radius 2 is 1.74 bits per heavy atom. The summed E-state index contributed by atoms with van der Waals surface area (Å²) in [5, 5.41) is 20.7. The highest BCUT2D eigenvalue weighted by Crippen LogP contribution is 2.38. The van der Waals surface area contributed by atoms with E-state index in [1.54, 1.807) is 17.0 Å². The Balaban J connectivity index is 1.59. The van der Waals surface area contributed by atoms with Crippen molar-refractivity contribution < 1.29 is 14.6 Å². The number of ether oxygens (including phenoxy) is 1. The first-order chi connectivity index (χ1) is 18.6. The standard InChI is InChI=1S/C30H31N5O3/c1-33(16-17-36)21-29(37)35-28(19-27(31-35)23-12-9-15-25(18-23)38-2)26-20-34(24-13-7-4-8-14-24)32-30(26)22-10-5-3-6-11-22/h3-15,18,20,28,36H,16-17,19,21H2,1-2H3. The number of carbonyl (C=O) groups excluding carboxylic acids is 1. The Morgan fingerprint density at radius 3 is 2.45 bits per heavy atom. The molecule has 1 unspecified atom stereocenters. The molecule has 4 aromatic rings. The fourth-order valence-corrected chi connectivity index (χ4v) is 4.68. The lowest BCUT2D eigenvalue weighted by Gasteiger charge is -2.24. The lowest BCUT2D eigenvalue weighted by atomic mass is 9.96. The molecule has 1 aromatic heterocycles. The highest BCUT2D eigenvalue weighted by atomic mass is 16.5. The third-order valence-corrected chi connectivity index (χ3v) is 6.63. The molecule has 1 amide bonds. The molecule has 8 heteroatoms. The van der Waals surface area contributed by atoms with Crippen LogP contribution in [0.2, 0.25) is 0 Å². The lowest BCUT2D eigenvalue weighted by molar-refractivity contribution is -0.134. The number of aromatic nitrogens is 2. The molecule has 0 saturated heterocycles. The van der Waals surface area contributed by atoms with E-state index in [4.69, 9.17) is 14.9 Å². The van der Waals surface area contributed by atoms with E-state index < -0.39 is 0 Å². The molecule has 0 aliphatic carbocycles. The second-order valence-electron chi connectivity index (χ2n) is 9.28. The van der Waals surface area contributed by atoms with Crippen LogP contribution in [0.5, 0.6) is 5.75 Å². The molecule has 0 radical (unpaired) electrons. The first-order valence-corrected chi connectivity index (χ1v) is 12.6. The van der Waals surface area contributed by atoms with Crippen molar-refractivity contribution in [2.45, 2.75) is 12.5 Å². The summed E-state index contributed by atoms with van der Waals surface area (Å²) in [6.45, 7) is 0.519. The quantitative estimate of drug-likeness (QED) is 0.367. The number of hydrogen-bond donors (Lipinski definition) is 1. The van der Waals surface area contributed by atoms with Gasteiger partial charge in [-0.2, -0.15) is 10.2 Å². The highest BCUT2D eigenvalue weighted by Gasteiger charge is 2.36. The number of carbonyl (C=O) groups is 1. The predicted octanol–water partition coefficient (Wildman–Crippen LogP) is 4.15. The second kappa shape index (κ2) is 11.4. The summed E-state index contributed by atoms with van der Waals surface area (Å²) >= 11 is 0. The summed E-state index contributed by atoms with van der Waals surface area (Å²) in [5.41, 5.74) is 5.34. The van der Waals surface area contributed by atoms with Gasteiger partial charge < -0.3 is 9.84 Å². The van der Waals surface area contributed by atoms with Crippen molar-refractivity contribution in [2.75, 3.05) is 33.9 Å². The van der Waals surface area contributed by atoms with Gasteiger partial charge in [0.2, 0.25) is 0 Å². The van der Waals surface area contributed by atoms with Gasteiger partial charge in [-0.15, -0.1) is 0 Å². The van der Waals surface area contributed by atoms with Gasteiger partial charge >= 0.3 is 0 Å². The van der Waals surface area contributed by atoms with Gasteiger partial charge in [0.15, 0.2) is 0 Å². The smallest absolute Gasteiger partial charge is 0.257 e. The monoisotopic (exact) mass is 509 g/mol. The third-order valence-electron chi connectivity index (χ3n) is 6.63. The second-order valence-corrected chi connectivity index (χ2v) is 9.28. The summed E-state index contributed by atoms with van der Waals surface area (Å²) in [6, 6.07) is 27.3. The number of likely N-dealkylation sites (N-methyl/N-ethyl adjacent to an activating group) is 1. The Labute approximate surface area is 222 Å². The van der Waals surface area contributed by atoms with E-state index in [0.717, 1.165) is 39.5 Å². The Kier molecular flexibility index (Phi) is 7.62. The SMILES string of the molecule is COc1cccc(C2=NN(C(=O)CN(C)CCO)C(c3cn(-c4ccccc4)nc3-c3ccccc3)C2)c1. The largest absolute Gasteiger partial charge is 0.497 e. The number of hydrazone groups is 1. The van der Waals surface area contributed by atoms with Crippen molar-refractivity contribution in [3.8, 4) is 22.7 Å². The molecule has 0 bridgehead atoms. The number of methoxy groups -OCH3 is 1. The maximum absolute atomic E-state index is 13.6. The van der Waals surface area contributed by atoms with Gasteiger partial charge in [-0.1, -0.05) is 60.7 Å². The molecule has 3 aromatic carbocycles. The number of amides is 1. The molecule has 194 valence electrons. The van der Waals surface area contributed by atoms with Crippen LogP contribution >= 0.6 is 0 Å². The lowest BCUT2D eigenvalue weighted by Crippen LogP contribution is -2.37. The molecule has 8 nitrogen and oxygen atoms in total. The van der Waals surface area contributed by atoms with E-state index in [1.807, 2.05) is 103 Å². The average molecular weight is 510 g/mol. The van der Waals surface area contributed by atoms with Crippen LogP contribution in [-0.2, 0) is 4.79 Å². The van der Waals surface area contributed by atoms with Gasteiger partial charge in [0.05, 0.1) is 43.4 Å². The van der Waals surface area contributed by atoms with Crippen LogP contribution in [0.4, 0.5) is 0 Å². The minimum absolute atomic E-state index is 0.0203.